The zero-order valence-electron chi connectivity index (χ0n) is 13.6. The summed E-state index contributed by atoms with van der Waals surface area (Å²) in [5.41, 5.74) is 2.00. The number of sulfonamides is 1. The molecule has 0 saturated heterocycles. The van der Waals surface area contributed by atoms with Crippen molar-refractivity contribution in [3.05, 3.63) is 35.4 Å². The SMILES string of the molecule is Cc1ccccc1CN(CCNC(=O)NC(C)C)S(C)(=O)=O. The molecule has 1 rings (SSSR count). The van der Waals surface area contributed by atoms with E-state index in [1.165, 1.54) is 10.6 Å². The fourth-order valence-corrected chi connectivity index (χ4v) is 2.74. The number of aryl methyl sites for hydroxylation is 1. The standard InChI is InChI=1S/C15H25N3O3S/c1-12(2)17-15(19)16-9-10-18(22(4,20)21)11-14-8-6-5-7-13(14)3/h5-8,12H,9-11H2,1-4H3,(H2,16,17,19). The van der Waals surface area contributed by atoms with Crippen molar-refractivity contribution < 1.29 is 13.2 Å². The van der Waals surface area contributed by atoms with Crippen LogP contribution in [0.5, 0.6) is 0 Å². The molecule has 22 heavy (non-hydrogen) atoms. The van der Waals surface area contributed by atoms with Crippen LogP contribution in [0.4, 0.5) is 4.79 Å². The Hall–Kier alpha value is -1.60. The first-order valence-corrected chi connectivity index (χ1v) is 9.09. The molecule has 0 aliphatic rings. The van der Waals surface area contributed by atoms with Crippen LogP contribution in [-0.4, -0.2) is 44.1 Å². The molecule has 0 aromatic heterocycles. The maximum atomic E-state index is 11.9. The average molecular weight is 327 g/mol. The van der Waals surface area contributed by atoms with Crippen molar-refractivity contribution in [2.75, 3.05) is 19.3 Å². The fraction of sp³-hybridized carbons (Fsp3) is 0.533. The minimum Gasteiger partial charge on any atom is -0.337 e. The maximum absolute atomic E-state index is 11.9. The molecule has 0 fully saturated rings. The number of hydrogen-bond acceptors (Lipinski definition) is 3. The van der Waals surface area contributed by atoms with Crippen LogP contribution in [0, 0.1) is 6.92 Å². The molecule has 0 radical (unpaired) electrons. The third kappa shape index (κ3) is 6.44. The van der Waals surface area contributed by atoms with E-state index in [0.29, 0.717) is 6.54 Å². The van der Waals surface area contributed by atoms with Gasteiger partial charge in [0.25, 0.3) is 0 Å². The van der Waals surface area contributed by atoms with Crippen molar-refractivity contribution in [1.29, 1.82) is 0 Å². The van der Waals surface area contributed by atoms with E-state index in [4.69, 9.17) is 0 Å². The van der Waals surface area contributed by atoms with Crippen molar-refractivity contribution >= 4 is 16.1 Å². The quantitative estimate of drug-likeness (QED) is 0.796. The molecule has 0 aliphatic carbocycles. The van der Waals surface area contributed by atoms with Gasteiger partial charge in [-0.25, -0.2) is 13.2 Å². The van der Waals surface area contributed by atoms with Crippen molar-refractivity contribution in [2.24, 2.45) is 0 Å². The molecule has 0 spiro atoms. The highest BCUT2D eigenvalue weighted by molar-refractivity contribution is 7.88. The van der Waals surface area contributed by atoms with Crippen LogP contribution in [-0.2, 0) is 16.6 Å². The molecular formula is C15H25N3O3S. The maximum Gasteiger partial charge on any atom is 0.315 e. The Kier molecular flexibility index (Phi) is 6.83. The number of hydrogen-bond donors (Lipinski definition) is 2. The van der Waals surface area contributed by atoms with E-state index in [1.54, 1.807) is 0 Å². The molecule has 0 heterocycles. The van der Waals surface area contributed by atoms with Gasteiger partial charge in [0.15, 0.2) is 0 Å². The topological polar surface area (TPSA) is 78.5 Å². The van der Waals surface area contributed by atoms with Crippen molar-refractivity contribution in [2.45, 2.75) is 33.4 Å². The first-order valence-electron chi connectivity index (χ1n) is 7.24. The van der Waals surface area contributed by atoms with Crippen LogP contribution in [0.15, 0.2) is 24.3 Å². The van der Waals surface area contributed by atoms with Gasteiger partial charge in [-0.05, 0) is 31.9 Å². The summed E-state index contributed by atoms with van der Waals surface area (Å²) in [5, 5.41) is 5.36. The summed E-state index contributed by atoms with van der Waals surface area (Å²) in [5.74, 6) is 0. The third-order valence-electron chi connectivity index (χ3n) is 3.14. The number of carbonyl (C=O) groups excluding carboxylic acids is 1. The predicted octanol–water partition coefficient (Wildman–Crippen LogP) is 1.46. The van der Waals surface area contributed by atoms with Crippen molar-refractivity contribution in [1.82, 2.24) is 14.9 Å². The number of rotatable bonds is 7. The van der Waals surface area contributed by atoms with Crippen LogP contribution < -0.4 is 10.6 Å². The Balaban J connectivity index is 2.64. The highest BCUT2D eigenvalue weighted by Crippen LogP contribution is 2.12. The monoisotopic (exact) mass is 327 g/mol. The van der Waals surface area contributed by atoms with Gasteiger partial charge < -0.3 is 10.6 Å². The third-order valence-corrected chi connectivity index (χ3v) is 4.39. The summed E-state index contributed by atoms with van der Waals surface area (Å²) >= 11 is 0. The van der Waals surface area contributed by atoms with Crippen LogP contribution in [0.1, 0.15) is 25.0 Å². The number of nitrogens with zero attached hydrogens (tertiary/aromatic N) is 1. The van der Waals surface area contributed by atoms with Gasteiger partial charge in [0.05, 0.1) is 6.26 Å². The van der Waals surface area contributed by atoms with E-state index in [9.17, 15) is 13.2 Å². The van der Waals surface area contributed by atoms with Gasteiger partial charge in [-0.2, -0.15) is 4.31 Å². The predicted molar refractivity (Wildman–Crippen MR) is 88.1 cm³/mol. The number of urea groups is 1. The summed E-state index contributed by atoms with van der Waals surface area (Å²) in [7, 11) is -3.34. The largest absolute Gasteiger partial charge is 0.337 e. The molecule has 2 amide bonds. The number of benzene rings is 1. The summed E-state index contributed by atoms with van der Waals surface area (Å²) in [6.45, 7) is 6.47. The van der Waals surface area contributed by atoms with E-state index in [0.717, 1.165) is 11.1 Å². The second-order valence-corrected chi connectivity index (χ2v) is 7.56. The van der Waals surface area contributed by atoms with Gasteiger partial charge in [0.1, 0.15) is 0 Å². The molecule has 6 nitrogen and oxygen atoms in total. The molecule has 0 unspecified atom stereocenters. The van der Waals surface area contributed by atoms with Gasteiger partial charge in [0, 0.05) is 25.7 Å². The van der Waals surface area contributed by atoms with Gasteiger partial charge in [-0.3, -0.25) is 0 Å². The first-order chi connectivity index (χ1) is 10.2. The molecule has 7 heteroatoms. The molecule has 2 N–H and O–H groups in total. The minimum absolute atomic E-state index is 0.0398. The van der Waals surface area contributed by atoms with E-state index in [-0.39, 0.29) is 25.2 Å². The van der Waals surface area contributed by atoms with Crippen LogP contribution in [0.25, 0.3) is 0 Å². The highest BCUT2D eigenvalue weighted by atomic mass is 32.2. The van der Waals surface area contributed by atoms with Gasteiger partial charge in [-0.15, -0.1) is 0 Å². The van der Waals surface area contributed by atoms with E-state index in [2.05, 4.69) is 10.6 Å². The Morgan fingerprint density at radius 1 is 1.27 bits per heavy atom. The molecular weight excluding hydrogens is 302 g/mol. The van der Waals surface area contributed by atoms with Gasteiger partial charge in [0.2, 0.25) is 10.0 Å². The summed E-state index contributed by atoms with van der Waals surface area (Å²) in [4.78, 5) is 11.5. The smallest absolute Gasteiger partial charge is 0.315 e. The fourth-order valence-electron chi connectivity index (χ4n) is 1.95. The first kappa shape index (κ1) is 18.4. The van der Waals surface area contributed by atoms with Crippen molar-refractivity contribution in [3.63, 3.8) is 0 Å². The summed E-state index contributed by atoms with van der Waals surface area (Å²) in [6, 6.07) is 7.41. The zero-order chi connectivity index (χ0) is 16.8. The average Bonchev–Trinajstić information content (AvgIpc) is 2.37. The number of nitrogens with one attached hydrogen (secondary N) is 2. The summed E-state index contributed by atoms with van der Waals surface area (Å²) < 4.78 is 25.2. The summed E-state index contributed by atoms with van der Waals surface area (Å²) in [6.07, 6.45) is 1.18. The second kappa shape index (κ2) is 8.14. The number of amides is 2. The lowest BCUT2D eigenvalue weighted by molar-refractivity contribution is 0.237. The Bertz CT molecular complexity index is 600. The lowest BCUT2D eigenvalue weighted by atomic mass is 10.1. The van der Waals surface area contributed by atoms with Crippen LogP contribution in [0.3, 0.4) is 0 Å². The zero-order valence-corrected chi connectivity index (χ0v) is 14.4. The highest BCUT2D eigenvalue weighted by Gasteiger charge is 2.17. The van der Waals surface area contributed by atoms with E-state index >= 15 is 0 Å². The van der Waals surface area contributed by atoms with Gasteiger partial charge in [-0.1, -0.05) is 24.3 Å². The van der Waals surface area contributed by atoms with E-state index < -0.39 is 10.0 Å². The van der Waals surface area contributed by atoms with Crippen molar-refractivity contribution in [3.8, 4) is 0 Å². The second-order valence-electron chi connectivity index (χ2n) is 5.58. The molecule has 1 aromatic carbocycles. The van der Waals surface area contributed by atoms with E-state index in [1.807, 2.05) is 45.0 Å². The molecule has 0 bridgehead atoms. The molecule has 1 aromatic rings. The lowest BCUT2D eigenvalue weighted by Gasteiger charge is -2.21. The lowest BCUT2D eigenvalue weighted by Crippen LogP contribution is -2.43. The minimum atomic E-state index is -3.34. The normalized spacial score (nSPS) is 11.7. The molecule has 0 saturated carbocycles. The Morgan fingerprint density at radius 3 is 2.45 bits per heavy atom. The Morgan fingerprint density at radius 2 is 1.91 bits per heavy atom. The van der Waals surface area contributed by atoms with Crippen LogP contribution >= 0.6 is 0 Å². The molecule has 0 atom stereocenters. The van der Waals surface area contributed by atoms with Gasteiger partial charge >= 0.3 is 6.03 Å². The molecule has 0 aliphatic heterocycles. The molecule has 124 valence electrons. The Labute approximate surface area is 132 Å². The van der Waals surface area contributed by atoms with Crippen LogP contribution in [0.2, 0.25) is 0 Å². The number of carbonyl (C=O) groups is 1.